The third kappa shape index (κ3) is 3.25. The molecule has 2 aliphatic rings. The van der Waals surface area contributed by atoms with E-state index in [4.69, 9.17) is 0 Å². The molecule has 2 N–H and O–H groups in total. The summed E-state index contributed by atoms with van der Waals surface area (Å²) >= 11 is 0. The van der Waals surface area contributed by atoms with Crippen molar-refractivity contribution in [2.75, 3.05) is 25.0 Å². The van der Waals surface area contributed by atoms with Crippen molar-refractivity contribution in [3.63, 3.8) is 0 Å². The van der Waals surface area contributed by atoms with Crippen LogP contribution in [0.25, 0.3) is 0 Å². The number of rotatable bonds is 2. The van der Waals surface area contributed by atoms with Crippen LogP contribution in [0.2, 0.25) is 0 Å². The predicted octanol–water partition coefficient (Wildman–Crippen LogP) is 1.98. The van der Waals surface area contributed by atoms with Crippen molar-refractivity contribution < 1.29 is 8.76 Å². The summed E-state index contributed by atoms with van der Waals surface area (Å²) in [6.45, 7) is 3.29. The van der Waals surface area contributed by atoms with Gasteiger partial charge in [0, 0.05) is 45.1 Å². The summed E-state index contributed by atoms with van der Waals surface area (Å²) in [5, 5.41) is 3.35. The van der Waals surface area contributed by atoms with Crippen LogP contribution in [-0.4, -0.2) is 39.2 Å². The van der Waals surface area contributed by atoms with E-state index >= 15 is 0 Å². The number of piperidine rings is 1. The van der Waals surface area contributed by atoms with Gasteiger partial charge in [0.25, 0.3) is 0 Å². The number of aryl methyl sites for hydroxylation is 1. The third-order valence-corrected chi connectivity index (χ3v) is 7.03. The van der Waals surface area contributed by atoms with Crippen LogP contribution in [0, 0.1) is 0 Å². The number of nitrogens with zero attached hydrogens (tertiary/aromatic N) is 2. The molecule has 4 rings (SSSR count). The van der Waals surface area contributed by atoms with Crippen LogP contribution >= 0.6 is 0 Å². The Morgan fingerprint density at radius 1 is 1.20 bits per heavy atom. The number of nitrogens with one attached hydrogen (secondary N) is 2. The second-order valence-corrected chi connectivity index (χ2v) is 8.77. The fourth-order valence-corrected chi connectivity index (χ4v) is 5.44. The minimum Gasteiger partial charge on any atom is -0.593 e. The highest BCUT2D eigenvalue weighted by Crippen LogP contribution is 2.34. The first-order valence-electron chi connectivity index (χ1n) is 8.67. The molecule has 1 aromatic heterocycles. The number of sulfonamides is 1. The molecule has 6 nitrogen and oxygen atoms in total. The van der Waals surface area contributed by atoms with Crippen LogP contribution in [-0.2, 0) is 28.2 Å². The summed E-state index contributed by atoms with van der Waals surface area (Å²) in [4.78, 5) is 2.74. The SMILES string of the molecule is Cn1cccc1CN1CCC2(CC1)CNc1ccccc1[S+](=O)([O-])N2. The highest BCUT2D eigenvalue weighted by molar-refractivity contribution is 7.96. The van der Waals surface area contributed by atoms with Crippen LogP contribution in [0.15, 0.2) is 47.5 Å². The first-order chi connectivity index (χ1) is 12.0. The lowest BCUT2D eigenvalue weighted by Gasteiger charge is -2.41. The zero-order chi connectivity index (χ0) is 17.5. The van der Waals surface area contributed by atoms with Gasteiger partial charge in [0.2, 0.25) is 0 Å². The maximum atomic E-state index is 12.8. The number of hydrogen-bond acceptors (Lipinski definition) is 4. The van der Waals surface area contributed by atoms with Gasteiger partial charge in [-0.2, -0.15) is 0 Å². The normalized spacial score (nSPS) is 26.0. The van der Waals surface area contributed by atoms with Gasteiger partial charge in [-0.15, -0.1) is 4.72 Å². The summed E-state index contributed by atoms with van der Waals surface area (Å²) < 4.78 is 30.7. The van der Waals surface area contributed by atoms with E-state index in [0.717, 1.165) is 32.5 Å². The topological polar surface area (TPSA) is 72.4 Å². The van der Waals surface area contributed by atoms with E-state index in [0.29, 0.717) is 17.1 Å². The van der Waals surface area contributed by atoms with Crippen LogP contribution in [0.1, 0.15) is 18.5 Å². The Kier molecular flexibility index (Phi) is 4.19. The van der Waals surface area contributed by atoms with Gasteiger partial charge in [-0.1, -0.05) is 16.3 Å². The molecule has 0 amide bonds. The molecule has 134 valence electrons. The molecule has 2 aromatic rings. The number of para-hydroxylation sites is 1. The number of anilines is 1. The van der Waals surface area contributed by atoms with Gasteiger partial charge in [-0.25, -0.2) is 0 Å². The van der Waals surface area contributed by atoms with E-state index in [-0.39, 0.29) is 0 Å². The van der Waals surface area contributed by atoms with E-state index in [1.54, 1.807) is 12.1 Å². The summed E-state index contributed by atoms with van der Waals surface area (Å²) in [6.07, 6.45) is 3.66. The molecule has 1 aromatic carbocycles. The fourth-order valence-electron chi connectivity index (χ4n) is 3.80. The van der Waals surface area contributed by atoms with E-state index in [1.165, 1.54) is 5.69 Å². The van der Waals surface area contributed by atoms with E-state index in [9.17, 15) is 8.76 Å². The molecular formula is C18H24N4O2S. The Labute approximate surface area is 149 Å². The molecule has 7 heteroatoms. The molecule has 0 radical (unpaired) electrons. The summed E-state index contributed by atoms with van der Waals surface area (Å²) in [5.41, 5.74) is 1.56. The zero-order valence-electron chi connectivity index (χ0n) is 14.4. The van der Waals surface area contributed by atoms with Gasteiger partial charge in [0.1, 0.15) is 0 Å². The predicted molar refractivity (Wildman–Crippen MR) is 97.8 cm³/mol. The average Bonchev–Trinajstić information content (AvgIpc) is 2.95. The standard InChI is InChI=1S/C18H24N4O2S/c1-21-10-4-5-15(21)13-22-11-8-18(9-12-22)14-19-16-6-2-3-7-17(16)25(23,24)20-18/h2-7,10,19H,8-9,11-14H2,1H3,(H-,20,23,24). The van der Waals surface area contributed by atoms with Crippen LogP contribution in [0.5, 0.6) is 0 Å². The van der Waals surface area contributed by atoms with E-state index in [1.807, 2.05) is 12.1 Å². The maximum Gasteiger partial charge on any atom is 0.198 e. The summed E-state index contributed by atoms with van der Waals surface area (Å²) in [5.74, 6) is 0. The van der Waals surface area contributed by atoms with Crippen LogP contribution < -0.4 is 10.0 Å². The van der Waals surface area contributed by atoms with Crippen LogP contribution in [0.4, 0.5) is 5.69 Å². The smallest absolute Gasteiger partial charge is 0.198 e. The van der Waals surface area contributed by atoms with Gasteiger partial charge in [-0.05, 0) is 37.1 Å². The van der Waals surface area contributed by atoms with Gasteiger partial charge in [-0.3, -0.25) is 4.90 Å². The molecule has 0 aliphatic carbocycles. The number of aromatic nitrogens is 1. The lowest BCUT2D eigenvalue weighted by Crippen LogP contribution is -2.58. The largest absolute Gasteiger partial charge is 0.593 e. The highest BCUT2D eigenvalue weighted by Gasteiger charge is 2.44. The van der Waals surface area contributed by atoms with Crippen molar-refractivity contribution in [1.29, 1.82) is 0 Å². The molecule has 1 spiro atoms. The number of hydrogen-bond donors (Lipinski definition) is 2. The van der Waals surface area contributed by atoms with E-state index in [2.05, 4.69) is 44.9 Å². The number of fused-ring (bicyclic) bond motifs is 1. The van der Waals surface area contributed by atoms with Gasteiger partial charge >= 0.3 is 0 Å². The molecule has 0 bridgehead atoms. The van der Waals surface area contributed by atoms with Gasteiger partial charge in [0.05, 0.1) is 11.2 Å². The minimum absolute atomic E-state index is 0.345. The molecule has 3 heterocycles. The molecule has 0 saturated carbocycles. The Hall–Kier alpha value is -1.67. The second kappa shape index (κ2) is 6.25. The highest BCUT2D eigenvalue weighted by atomic mass is 32.3. The van der Waals surface area contributed by atoms with Crippen molar-refractivity contribution in [1.82, 2.24) is 14.2 Å². The fraction of sp³-hybridized carbons (Fsp3) is 0.444. The lowest BCUT2D eigenvalue weighted by atomic mass is 9.88. The Balaban J connectivity index is 1.48. The van der Waals surface area contributed by atoms with Crippen LogP contribution in [0.3, 0.4) is 0 Å². The average molecular weight is 360 g/mol. The van der Waals surface area contributed by atoms with Gasteiger partial charge < -0.3 is 14.4 Å². The Morgan fingerprint density at radius 3 is 2.68 bits per heavy atom. The van der Waals surface area contributed by atoms with Crippen molar-refractivity contribution in [2.24, 2.45) is 7.05 Å². The van der Waals surface area contributed by atoms with Crippen molar-refractivity contribution in [3.8, 4) is 0 Å². The minimum atomic E-state index is -3.50. The number of likely N-dealkylation sites (tertiary alicyclic amines) is 1. The number of benzene rings is 1. The van der Waals surface area contributed by atoms with Crippen molar-refractivity contribution >= 4 is 16.1 Å². The zero-order valence-corrected chi connectivity index (χ0v) is 15.2. The van der Waals surface area contributed by atoms with Crippen molar-refractivity contribution in [2.45, 2.75) is 29.8 Å². The molecule has 1 saturated heterocycles. The quantitative estimate of drug-likeness (QED) is 0.804. The molecule has 2 aliphatic heterocycles. The first kappa shape index (κ1) is 16.8. The molecule has 1 atom stereocenters. The maximum absolute atomic E-state index is 12.8. The molecule has 1 fully saturated rings. The first-order valence-corrected chi connectivity index (χ1v) is 10.2. The monoisotopic (exact) mass is 360 g/mol. The third-order valence-electron chi connectivity index (χ3n) is 5.39. The summed E-state index contributed by atoms with van der Waals surface area (Å²) in [7, 11) is -1.44. The lowest BCUT2D eigenvalue weighted by molar-refractivity contribution is 0.148. The molecule has 25 heavy (non-hydrogen) atoms. The molecular weight excluding hydrogens is 336 g/mol. The summed E-state index contributed by atoms with van der Waals surface area (Å²) in [6, 6.07) is 11.3. The Bertz CT molecular complexity index is 811. The van der Waals surface area contributed by atoms with E-state index < -0.39 is 15.9 Å². The molecule has 1 unspecified atom stereocenters. The van der Waals surface area contributed by atoms with Gasteiger partial charge in [0.15, 0.2) is 15.3 Å². The Morgan fingerprint density at radius 2 is 1.96 bits per heavy atom. The van der Waals surface area contributed by atoms with Crippen molar-refractivity contribution in [3.05, 3.63) is 48.3 Å². The second-order valence-electron chi connectivity index (χ2n) is 7.12.